The topological polar surface area (TPSA) is 73.9 Å². The molecule has 0 saturated carbocycles. The Balaban J connectivity index is 3.10. The zero-order valence-corrected chi connectivity index (χ0v) is 12.9. The Bertz CT molecular complexity index is 602. The van der Waals surface area contributed by atoms with Crippen LogP contribution in [0.1, 0.15) is 5.56 Å². The van der Waals surface area contributed by atoms with E-state index in [4.69, 9.17) is 4.74 Å². The number of halogens is 2. The number of hydrogen-bond acceptors (Lipinski definition) is 6. The highest BCUT2D eigenvalue weighted by Gasteiger charge is 2.16. The van der Waals surface area contributed by atoms with E-state index in [9.17, 15) is 18.4 Å². The number of hydrogen-bond donors (Lipinski definition) is 1. The van der Waals surface area contributed by atoms with Gasteiger partial charge in [0.25, 0.3) is 6.43 Å². The first-order chi connectivity index (χ1) is 10.9. The molecule has 23 heavy (non-hydrogen) atoms. The number of anilines is 1. The maximum atomic E-state index is 12.3. The van der Waals surface area contributed by atoms with Gasteiger partial charge in [-0.05, 0) is 24.6 Å². The first kappa shape index (κ1) is 18.4. The van der Waals surface area contributed by atoms with E-state index in [2.05, 4.69) is 14.8 Å². The van der Waals surface area contributed by atoms with Crippen molar-refractivity contribution < 1.29 is 32.6 Å². The van der Waals surface area contributed by atoms with E-state index in [0.717, 1.165) is 25.9 Å². The average molecular weight is 329 g/mol. The molecule has 0 spiro atoms. The number of carbonyl (C=O) groups excluding carboxylic acids is 2. The molecule has 0 bridgehead atoms. The summed E-state index contributed by atoms with van der Waals surface area (Å²) < 4.78 is 38.7. The maximum Gasteiger partial charge on any atom is 0.354 e. The van der Waals surface area contributed by atoms with Gasteiger partial charge in [0.15, 0.2) is 0 Å². The molecule has 0 radical (unpaired) electrons. The number of carbonyl (C=O) groups is 2. The van der Waals surface area contributed by atoms with Gasteiger partial charge < -0.3 is 19.5 Å². The molecule has 0 aliphatic rings. The molecule has 1 rings (SSSR count). The second kappa shape index (κ2) is 8.72. The van der Waals surface area contributed by atoms with E-state index in [1.54, 1.807) is 13.0 Å². The number of esters is 2. The average Bonchev–Trinajstić information content (AvgIpc) is 2.52. The minimum atomic E-state index is -2.64. The van der Waals surface area contributed by atoms with Crippen LogP contribution in [0.15, 0.2) is 30.0 Å². The molecule has 0 aliphatic carbocycles. The van der Waals surface area contributed by atoms with Crippen molar-refractivity contribution in [3.05, 3.63) is 35.5 Å². The Kier molecular flexibility index (Phi) is 6.98. The smallest absolute Gasteiger partial charge is 0.354 e. The van der Waals surface area contributed by atoms with Crippen molar-refractivity contribution in [1.29, 1.82) is 0 Å². The van der Waals surface area contributed by atoms with Crippen molar-refractivity contribution in [2.24, 2.45) is 0 Å². The van der Waals surface area contributed by atoms with Gasteiger partial charge in [-0.1, -0.05) is 6.07 Å². The molecule has 126 valence electrons. The van der Waals surface area contributed by atoms with E-state index < -0.39 is 25.0 Å². The fourth-order valence-electron chi connectivity index (χ4n) is 1.58. The van der Waals surface area contributed by atoms with Crippen LogP contribution in [0, 0.1) is 6.92 Å². The van der Waals surface area contributed by atoms with Gasteiger partial charge in [0, 0.05) is 0 Å². The molecule has 0 atom stereocenters. The van der Waals surface area contributed by atoms with Crippen molar-refractivity contribution in [2.75, 3.05) is 26.1 Å². The van der Waals surface area contributed by atoms with Gasteiger partial charge in [-0.3, -0.25) is 0 Å². The molecule has 6 nitrogen and oxygen atoms in total. The molecule has 0 amide bonds. The van der Waals surface area contributed by atoms with Crippen molar-refractivity contribution in [3.63, 3.8) is 0 Å². The predicted molar refractivity (Wildman–Crippen MR) is 78.4 cm³/mol. The highest BCUT2D eigenvalue weighted by atomic mass is 19.3. The number of methoxy groups -OCH3 is 2. The number of ether oxygens (including phenoxy) is 3. The lowest BCUT2D eigenvalue weighted by Gasteiger charge is -2.15. The summed E-state index contributed by atoms with van der Waals surface area (Å²) in [6, 6.07) is 4.74. The fourth-order valence-corrected chi connectivity index (χ4v) is 1.58. The summed E-state index contributed by atoms with van der Waals surface area (Å²) in [5, 5.41) is 2.63. The van der Waals surface area contributed by atoms with E-state index in [1.165, 1.54) is 12.1 Å². The second-order valence-electron chi connectivity index (χ2n) is 4.40. The zero-order chi connectivity index (χ0) is 17.4. The largest absolute Gasteiger partial charge is 0.485 e. The molecule has 1 aromatic rings. The van der Waals surface area contributed by atoms with Crippen LogP contribution in [0.25, 0.3) is 0 Å². The second-order valence-corrected chi connectivity index (χ2v) is 4.40. The molecule has 0 aliphatic heterocycles. The van der Waals surface area contributed by atoms with Gasteiger partial charge in [0.05, 0.1) is 26.0 Å². The minimum absolute atomic E-state index is 0.116. The molecular weight excluding hydrogens is 312 g/mol. The Morgan fingerprint density at radius 2 is 1.96 bits per heavy atom. The van der Waals surface area contributed by atoms with Crippen molar-refractivity contribution in [2.45, 2.75) is 13.3 Å². The first-order valence-electron chi connectivity index (χ1n) is 6.54. The van der Waals surface area contributed by atoms with Crippen LogP contribution in [0.5, 0.6) is 5.75 Å². The summed E-state index contributed by atoms with van der Waals surface area (Å²) >= 11 is 0. The lowest BCUT2D eigenvalue weighted by Crippen LogP contribution is -2.16. The van der Waals surface area contributed by atoms with Gasteiger partial charge in [-0.2, -0.15) is 0 Å². The van der Waals surface area contributed by atoms with Crippen LogP contribution in [0.3, 0.4) is 0 Å². The molecule has 0 saturated heterocycles. The summed E-state index contributed by atoms with van der Waals surface area (Å²) in [5.41, 5.74) is 0.790. The van der Waals surface area contributed by atoms with Crippen molar-refractivity contribution >= 4 is 17.6 Å². The summed E-state index contributed by atoms with van der Waals surface area (Å²) in [7, 11) is 2.29. The lowest BCUT2D eigenvalue weighted by atomic mass is 10.2. The highest BCUT2D eigenvalue weighted by molar-refractivity contribution is 5.99. The number of aryl methyl sites for hydroxylation is 1. The molecule has 1 N–H and O–H groups in total. The van der Waals surface area contributed by atoms with Crippen LogP contribution in [-0.2, 0) is 19.1 Å². The highest BCUT2D eigenvalue weighted by Crippen LogP contribution is 2.27. The number of nitrogens with one attached hydrogen (secondary N) is 1. The van der Waals surface area contributed by atoms with Crippen LogP contribution in [0.4, 0.5) is 14.5 Å². The Hall–Kier alpha value is -2.64. The lowest BCUT2D eigenvalue weighted by molar-refractivity contribution is -0.138. The summed E-state index contributed by atoms with van der Waals surface area (Å²) in [5.74, 6) is -1.49. The molecule has 0 heterocycles. The minimum Gasteiger partial charge on any atom is -0.485 e. The predicted octanol–water partition coefficient (Wildman–Crippen LogP) is 2.28. The number of alkyl halides is 2. The maximum absolute atomic E-state index is 12.3. The Labute approximate surface area is 132 Å². The quantitative estimate of drug-likeness (QED) is 0.611. The zero-order valence-electron chi connectivity index (χ0n) is 12.9. The molecule has 8 heteroatoms. The number of benzene rings is 1. The fraction of sp³-hybridized carbons (Fsp3) is 0.333. The summed E-state index contributed by atoms with van der Waals surface area (Å²) in [4.78, 5) is 23.0. The molecule has 0 aromatic heterocycles. The number of rotatable bonds is 7. The Morgan fingerprint density at radius 3 is 2.52 bits per heavy atom. The van der Waals surface area contributed by atoms with Crippen LogP contribution in [-0.4, -0.2) is 39.2 Å². The molecule has 1 aromatic carbocycles. The van der Waals surface area contributed by atoms with Gasteiger partial charge in [-0.25, -0.2) is 18.4 Å². The van der Waals surface area contributed by atoms with E-state index in [-0.39, 0.29) is 17.1 Å². The van der Waals surface area contributed by atoms with Crippen LogP contribution in [0.2, 0.25) is 0 Å². The summed E-state index contributed by atoms with van der Waals surface area (Å²) in [6.07, 6.45) is -1.75. The third kappa shape index (κ3) is 5.93. The van der Waals surface area contributed by atoms with E-state index >= 15 is 0 Å². The summed E-state index contributed by atoms with van der Waals surface area (Å²) in [6.45, 7) is 0.955. The monoisotopic (exact) mass is 329 g/mol. The molecular formula is C15H17F2NO5. The van der Waals surface area contributed by atoms with E-state index in [0.29, 0.717) is 0 Å². The SMILES string of the molecule is COC(=O)/C=C(/Nc1ccc(C)cc1OCC(F)F)C(=O)OC. The van der Waals surface area contributed by atoms with Crippen molar-refractivity contribution in [3.8, 4) is 5.75 Å². The van der Waals surface area contributed by atoms with Gasteiger partial charge >= 0.3 is 11.9 Å². The third-order valence-electron chi connectivity index (χ3n) is 2.64. The van der Waals surface area contributed by atoms with Gasteiger partial charge in [0.1, 0.15) is 18.1 Å². The normalized spacial score (nSPS) is 11.1. The van der Waals surface area contributed by atoms with Crippen LogP contribution < -0.4 is 10.1 Å². The Morgan fingerprint density at radius 1 is 1.26 bits per heavy atom. The van der Waals surface area contributed by atoms with Gasteiger partial charge in [-0.15, -0.1) is 0 Å². The molecule has 0 fully saturated rings. The third-order valence-corrected chi connectivity index (χ3v) is 2.64. The molecule has 0 unspecified atom stereocenters. The van der Waals surface area contributed by atoms with Crippen LogP contribution >= 0.6 is 0 Å². The van der Waals surface area contributed by atoms with Crippen molar-refractivity contribution in [1.82, 2.24) is 0 Å². The van der Waals surface area contributed by atoms with E-state index in [1.807, 2.05) is 0 Å². The standard InChI is InChI=1S/C15H17F2NO5/c1-9-4-5-10(12(6-9)23-8-13(16)17)18-11(15(20)22-3)7-14(19)21-2/h4-7,13,18H,8H2,1-3H3/b11-7+. The van der Waals surface area contributed by atoms with Gasteiger partial charge in [0.2, 0.25) is 0 Å². The first-order valence-corrected chi connectivity index (χ1v) is 6.54.